The number of benzene rings is 3. The molecular formula is C25H16ClNO6. The average Bonchev–Trinajstić information content (AvgIpc) is 2.81. The van der Waals surface area contributed by atoms with E-state index in [1.165, 1.54) is 25.1 Å². The van der Waals surface area contributed by atoms with Gasteiger partial charge in [0, 0.05) is 22.3 Å². The SMILES string of the molecule is CC(=O)c1ccccc1NC(=O)COC(=O)c1ccc2c(c1Cl)C(=O)c1ccccc1C2=O. The number of ether oxygens (including phenoxy) is 1. The van der Waals surface area contributed by atoms with Crippen LogP contribution in [-0.4, -0.2) is 35.8 Å². The van der Waals surface area contributed by atoms with E-state index in [0.717, 1.165) is 0 Å². The van der Waals surface area contributed by atoms with Crippen molar-refractivity contribution in [2.45, 2.75) is 6.92 Å². The van der Waals surface area contributed by atoms with Crippen LogP contribution < -0.4 is 5.32 Å². The summed E-state index contributed by atoms with van der Waals surface area (Å²) in [4.78, 5) is 62.2. The first-order valence-corrected chi connectivity index (χ1v) is 10.2. The van der Waals surface area contributed by atoms with Gasteiger partial charge in [-0.15, -0.1) is 0 Å². The topological polar surface area (TPSA) is 107 Å². The van der Waals surface area contributed by atoms with Gasteiger partial charge in [-0.1, -0.05) is 48.0 Å². The van der Waals surface area contributed by atoms with Gasteiger partial charge in [0.05, 0.1) is 21.8 Å². The lowest BCUT2D eigenvalue weighted by atomic mass is 9.83. The molecule has 0 aromatic heterocycles. The summed E-state index contributed by atoms with van der Waals surface area (Å²) in [5.41, 5.74) is 0.954. The van der Waals surface area contributed by atoms with E-state index in [0.29, 0.717) is 11.3 Å². The molecule has 3 aromatic rings. The maximum absolute atomic E-state index is 12.9. The number of nitrogens with one attached hydrogen (secondary N) is 1. The molecule has 1 amide bonds. The van der Waals surface area contributed by atoms with E-state index >= 15 is 0 Å². The summed E-state index contributed by atoms with van der Waals surface area (Å²) in [5.74, 6) is -2.67. The van der Waals surface area contributed by atoms with Crippen LogP contribution in [0.1, 0.15) is 59.5 Å². The van der Waals surface area contributed by atoms with Crippen LogP contribution in [0.5, 0.6) is 0 Å². The van der Waals surface area contributed by atoms with Crippen LogP contribution in [0.3, 0.4) is 0 Å². The first kappa shape index (κ1) is 22.1. The number of esters is 1. The second kappa shape index (κ2) is 8.80. The number of para-hydroxylation sites is 1. The number of anilines is 1. The van der Waals surface area contributed by atoms with E-state index < -0.39 is 24.3 Å². The fourth-order valence-electron chi connectivity index (χ4n) is 3.60. The van der Waals surface area contributed by atoms with Crippen molar-refractivity contribution in [3.05, 3.63) is 99.1 Å². The monoisotopic (exact) mass is 461 g/mol. The van der Waals surface area contributed by atoms with Gasteiger partial charge < -0.3 is 10.1 Å². The zero-order valence-electron chi connectivity index (χ0n) is 17.3. The molecular weight excluding hydrogens is 446 g/mol. The Balaban J connectivity index is 1.52. The molecule has 7 nitrogen and oxygen atoms in total. The molecule has 0 fully saturated rings. The Bertz CT molecular complexity index is 1360. The van der Waals surface area contributed by atoms with Gasteiger partial charge in [-0.3, -0.25) is 19.2 Å². The molecule has 0 aliphatic heterocycles. The van der Waals surface area contributed by atoms with E-state index in [4.69, 9.17) is 16.3 Å². The summed E-state index contributed by atoms with van der Waals surface area (Å²) < 4.78 is 5.05. The Morgan fingerprint density at radius 1 is 0.818 bits per heavy atom. The molecule has 0 unspecified atom stereocenters. The van der Waals surface area contributed by atoms with Crippen LogP contribution in [0.15, 0.2) is 60.7 Å². The molecule has 1 aliphatic carbocycles. The van der Waals surface area contributed by atoms with Crippen LogP contribution in [0, 0.1) is 0 Å². The Morgan fingerprint density at radius 2 is 1.45 bits per heavy atom. The van der Waals surface area contributed by atoms with Gasteiger partial charge in [-0.2, -0.15) is 0 Å². The van der Waals surface area contributed by atoms with Crippen molar-refractivity contribution in [1.29, 1.82) is 0 Å². The quantitative estimate of drug-likeness (QED) is 0.354. The van der Waals surface area contributed by atoms with Crippen molar-refractivity contribution in [2.24, 2.45) is 0 Å². The summed E-state index contributed by atoms with van der Waals surface area (Å²) in [6, 6.07) is 15.4. The van der Waals surface area contributed by atoms with Crippen molar-refractivity contribution in [1.82, 2.24) is 0 Å². The molecule has 3 aromatic carbocycles. The highest BCUT2D eigenvalue weighted by atomic mass is 35.5. The van der Waals surface area contributed by atoms with Crippen molar-refractivity contribution in [3.63, 3.8) is 0 Å². The van der Waals surface area contributed by atoms with Crippen LogP contribution in [-0.2, 0) is 9.53 Å². The number of Topliss-reactive ketones (excluding diaryl/α,β-unsaturated/α-hetero) is 1. The second-order valence-corrected chi connectivity index (χ2v) is 7.66. The lowest BCUT2D eigenvalue weighted by molar-refractivity contribution is -0.119. The van der Waals surface area contributed by atoms with Gasteiger partial charge in [0.15, 0.2) is 24.0 Å². The smallest absolute Gasteiger partial charge is 0.340 e. The maximum Gasteiger partial charge on any atom is 0.340 e. The largest absolute Gasteiger partial charge is 0.452 e. The Morgan fingerprint density at radius 3 is 2.15 bits per heavy atom. The van der Waals surface area contributed by atoms with E-state index in [1.807, 2.05) is 0 Å². The number of hydrogen-bond donors (Lipinski definition) is 1. The minimum atomic E-state index is -0.933. The van der Waals surface area contributed by atoms with Crippen molar-refractivity contribution >= 4 is 46.5 Å². The molecule has 4 rings (SSSR count). The summed E-state index contributed by atoms with van der Waals surface area (Å²) in [5, 5.41) is 2.30. The Labute approximate surface area is 193 Å². The van der Waals surface area contributed by atoms with Gasteiger partial charge in [0.2, 0.25) is 0 Å². The van der Waals surface area contributed by atoms with Crippen molar-refractivity contribution < 1.29 is 28.7 Å². The normalized spacial score (nSPS) is 11.9. The molecule has 0 saturated carbocycles. The molecule has 0 heterocycles. The number of amides is 1. The molecule has 0 radical (unpaired) electrons. The first-order chi connectivity index (χ1) is 15.8. The van der Waals surface area contributed by atoms with Crippen LogP contribution in [0.2, 0.25) is 5.02 Å². The van der Waals surface area contributed by atoms with Crippen LogP contribution in [0.4, 0.5) is 5.69 Å². The number of rotatable bonds is 5. The first-order valence-electron chi connectivity index (χ1n) is 9.87. The zero-order chi connectivity index (χ0) is 23.7. The van der Waals surface area contributed by atoms with Crippen molar-refractivity contribution in [3.8, 4) is 0 Å². The van der Waals surface area contributed by atoms with E-state index in [1.54, 1.807) is 42.5 Å². The maximum atomic E-state index is 12.9. The van der Waals surface area contributed by atoms with E-state index in [9.17, 15) is 24.0 Å². The summed E-state index contributed by atoms with van der Waals surface area (Å²) in [6.45, 7) is 0.724. The number of hydrogen-bond acceptors (Lipinski definition) is 6. The van der Waals surface area contributed by atoms with Crippen molar-refractivity contribution in [2.75, 3.05) is 11.9 Å². The third kappa shape index (κ3) is 4.06. The van der Waals surface area contributed by atoms with Crippen LogP contribution >= 0.6 is 11.6 Å². The molecule has 1 aliphatic rings. The molecule has 164 valence electrons. The Kier molecular flexibility index (Phi) is 5.89. The lowest BCUT2D eigenvalue weighted by Crippen LogP contribution is -2.24. The Hall–Kier alpha value is -4.10. The van der Waals surface area contributed by atoms with E-state index in [2.05, 4.69) is 5.32 Å². The number of carbonyl (C=O) groups is 5. The highest BCUT2D eigenvalue weighted by Crippen LogP contribution is 2.34. The molecule has 0 spiro atoms. The van der Waals surface area contributed by atoms with Gasteiger partial charge in [-0.05, 0) is 31.2 Å². The van der Waals surface area contributed by atoms with Gasteiger partial charge in [0.1, 0.15) is 0 Å². The molecule has 1 N–H and O–H groups in total. The van der Waals surface area contributed by atoms with E-state index in [-0.39, 0.29) is 44.4 Å². The highest BCUT2D eigenvalue weighted by molar-refractivity contribution is 6.41. The standard InChI is InChI=1S/C25H16ClNO6/c1-13(28)14-6-4-5-9-19(14)27-20(29)12-33-25(32)18-11-10-17-21(22(18)26)24(31)16-8-3-2-7-15(16)23(17)30/h2-11H,12H2,1H3,(H,27,29). The molecule has 33 heavy (non-hydrogen) atoms. The summed E-state index contributed by atoms with van der Waals surface area (Å²) in [6.07, 6.45) is 0. The summed E-state index contributed by atoms with van der Waals surface area (Å²) >= 11 is 6.34. The lowest BCUT2D eigenvalue weighted by Gasteiger charge is -2.19. The minimum Gasteiger partial charge on any atom is -0.452 e. The van der Waals surface area contributed by atoms with Crippen LogP contribution in [0.25, 0.3) is 0 Å². The fourth-order valence-corrected chi connectivity index (χ4v) is 3.93. The zero-order valence-corrected chi connectivity index (χ0v) is 18.1. The molecule has 0 bridgehead atoms. The highest BCUT2D eigenvalue weighted by Gasteiger charge is 2.33. The molecule has 0 saturated heterocycles. The predicted molar refractivity (Wildman–Crippen MR) is 120 cm³/mol. The molecule has 8 heteroatoms. The molecule has 0 atom stereocenters. The summed E-state index contributed by atoms with van der Waals surface area (Å²) in [7, 11) is 0. The van der Waals surface area contributed by atoms with Gasteiger partial charge in [-0.25, -0.2) is 4.79 Å². The van der Waals surface area contributed by atoms with Gasteiger partial charge in [0.25, 0.3) is 5.91 Å². The minimum absolute atomic E-state index is 0.0744. The van der Waals surface area contributed by atoms with Gasteiger partial charge >= 0.3 is 5.97 Å². The number of ketones is 3. The number of carbonyl (C=O) groups excluding carboxylic acids is 5. The number of halogens is 1. The third-order valence-electron chi connectivity index (χ3n) is 5.16. The average molecular weight is 462 g/mol. The fraction of sp³-hybridized carbons (Fsp3) is 0.0800. The third-order valence-corrected chi connectivity index (χ3v) is 5.56. The second-order valence-electron chi connectivity index (χ2n) is 7.28. The predicted octanol–water partition coefficient (Wildman–Crippen LogP) is 4.11. The number of fused-ring (bicyclic) bond motifs is 2.